The van der Waals surface area contributed by atoms with E-state index in [9.17, 15) is 0 Å². The molecule has 0 fully saturated rings. The van der Waals surface area contributed by atoms with E-state index in [1.807, 2.05) is 11.6 Å². The lowest BCUT2D eigenvalue weighted by Crippen LogP contribution is -1.84. The molecule has 0 aliphatic rings. The van der Waals surface area contributed by atoms with Crippen LogP contribution in [0.3, 0.4) is 0 Å². The summed E-state index contributed by atoms with van der Waals surface area (Å²) in [6, 6.07) is 8.74. The van der Waals surface area contributed by atoms with Crippen LogP contribution in [0, 0.1) is 6.92 Å². The van der Waals surface area contributed by atoms with Gasteiger partial charge in [0.25, 0.3) is 0 Å². The molecule has 0 atom stereocenters. The smallest absolute Gasteiger partial charge is 0.0801 e. The molecule has 1 aromatic heterocycles. The molecular weight excluding hydrogens is 214 g/mol. The summed E-state index contributed by atoms with van der Waals surface area (Å²) >= 11 is 1.70. The van der Waals surface area contributed by atoms with Crippen LogP contribution in [0.25, 0.3) is 10.4 Å². The second-order valence-corrected chi connectivity index (χ2v) is 4.65. The van der Waals surface area contributed by atoms with Crippen molar-refractivity contribution < 1.29 is 0 Å². The summed E-state index contributed by atoms with van der Waals surface area (Å²) in [4.78, 5) is 5.54. The Kier molecular flexibility index (Phi) is 3.52. The quantitative estimate of drug-likeness (QED) is 0.715. The molecule has 0 saturated heterocycles. The number of aryl methyl sites for hydroxylation is 2. The van der Waals surface area contributed by atoms with E-state index in [1.165, 1.54) is 16.0 Å². The number of nitrogens with zero attached hydrogens (tertiary/aromatic N) is 1. The van der Waals surface area contributed by atoms with E-state index in [1.54, 1.807) is 11.3 Å². The average Bonchev–Trinajstić information content (AvgIpc) is 2.74. The van der Waals surface area contributed by atoms with Gasteiger partial charge in [0.05, 0.1) is 16.1 Å². The molecule has 1 nitrogen and oxygen atoms in total. The van der Waals surface area contributed by atoms with Gasteiger partial charge in [-0.3, -0.25) is 0 Å². The molecule has 1 aromatic carbocycles. The van der Waals surface area contributed by atoms with Crippen LogP contribution >= 0.6 is 11.3 Å². The normalized spacial score (nSPS) is 10.3. The molecular formula is C14H15NS. The molecule has 0 spiro atoms. The van der Waals surface area contributed by atoms with Crippen molar-refractivity contribution in [3.05, 3.63) is 53.7 Å². The molecule has 82 valence electrons. The highest BCUT2D eigenvalue weighted by molar-refractivity contribution is 7.13. The number of thiazole rings is 1. The van der Waals surface area contributed by atoms with Crippen molar-refractivity contribution in [1.29, 1.82) is 0 Å². The molecule has 2 rings (SSSR count). The Balaban J connectivity index is 2.19. The second kappa shape index (κ2) is 5.08. The molecule has 0 amide bonds. The molecule has 0 saturated carbocycles. The minimum absolute atomic E-state index is 1.04. The van der Waals surface area contributed by atoms with E-state index < -0.39 is 0 Å². The molecule has 0 N–H and O–H groups in total. The van der Waals surface area contributed by atoms with E-state index >= 15 is 0 Å². The van der Waals surface area contributed by atoms with Gasteiger partial charge < -0.3 is 0 Å². The van der Waals surface area contributed by atoms with Crippen LogP contribution in [0.1, 0.15) is 17.7 Å². The summed E-state index contributed by atoms with van der Waals surface area (Å²) < 4.78 is 0. The molecule has 0 radical (unpaired) electrons. The fraction of sp³-hybridized carbons (Fsp3) is 0.214. The van der Waals surface area contributed by atoms with E-state index in [0.29, 0.717) is 0 Å². The van der Waals surface area contributed by atoms with E-state index in [4.69, 9.17) is 0 Å². The first-order valence-electron chi connectivity index (χ1n) is 5.41. The number of hydrogen-bond donors (Lipinski definition) is 0. The molecule has 2 aromatic rings. The van der Waals surface area contributed by atoms with Crippen LogP contribution in [0.2, 0.25) is 0 Å². The molecule has 16 heavy (non-hydrogen) atoms. The SMILES string of the molecule is C=CCCc1ccc(-c2scnc2C)cc1. The molecule has 2 heteroatoms. The van der Waals surface area contributed by atoms with Crippen LogP contribution in [0.5, 0.6) is 0 Å². The maximum atomic E-state index is 4.27. The van der Waals surface area contributed by atoms with Crippen LogP contribution in [-0.2, 0) is 6.42 Å². The lowest BCUT2D eigenvalue weighted by molar-refractivity contribution is 1.00. The van der Waals surface area contributed by atoms with E-state index in [2.05, 4.69) is 42.8 Å². The lowest BCUT2D eigenvalue weighted by atomic mass is 10.1. The third kappa shape index (κ3) is 2.39. The summed E-state index contributed by atoms with van der Waals surface area (Å²) in [6.07, 6.45) is 4.08. The lowest BCUT2D eigenvalue weighted by Gasteiger charge is -2.02. The van der Waals surface area contributed by atoms with Gasteiger partial charge in [-0.2, -0.15) is 0 Å². The molecule has 1 heterocycles. The van der Waals surface area contributed by atoms with Gasteiger partial charge in [-0.15, -0.1) is 17.9 Å². The minimum Gasteiger partial charge on any atom is -0.249 e. The van der Waals surface area contributed by atoms with Gasteiger partial charge in [-0.25, -0.2) is 4.98 Å². The van der Waals surface area contributed by atoms with Crippen molar-refractivity contribution in [2.24, 2.45) is 0 Å². The van der Waals surface area contributed by atoms with Crippen molar-refractivity contribution in [3.63, 3.8) is 0 Å². The summed E-state index contributed by atoms with van der Waals surface area (Å²) in [6.45, 7) is 5.79. The number of benzene rings is 1. The van der Waals surface area contributed by atoms with E-state index in [0.717, 1.165) is 18.5 Å². The Hall–Kier alpha value is -1.41. The number of hydrogen-bond acceptors (Lipinski definition) is 2. The van der Waals surface area contributed by atoms with Crippen molar-refractivity contribution in [3.8, 4) is 10.4 Å². The van der Waals surface area contributed by atoms with Crippen LogP contribution in [0.15, 0.2) is 42.4 Å². The van der Waals surface area contributed by atoms with Gasteiger partial charge in [0, 0.05) is 0 Å². The highest BCUT2D eigenvalue weighted by Gasteiger charge is 2.03. The van der Waals surface area contributed by atoms with Gasteiger partial charge in [0.15, 0.2) is 0 Å². The van der Waals surface area contributed by atoms with Crippen LogP contribution < -0.4 is 0 Å². The van der Waals surface area contributed by atoms with Gasteiger partial charge in [0.1, 0.15) is 0 Å². The highest BCUT2D eigenvalue weighted by atomic mass is 32.1. The second-order valence-electron chi connectivity index (χ2n) is 3.79. The van der Waals surface area contributed by atoms with Crippen molar-refractivity contribution in [1.82, 2.24) is 4.98 Å². The van der Waals surface area contributed by atoms with Crippen molar-refractivity contribution >= 4 is 11.3 Å². The fourth-order valence-corrected chi connectivity index (χ4v) is 2.48. The molecule has 0 unspecified atom stereocenters. The third-order valence-corrected chi connectivity index (χ3v) is 3.58. The van der Waals surface area contributed by atoms with Crippen LogP contribution in [0.4, 0.5) is 0 Å². The predicted molar refractivity (Wildman–Crippen MR) is 70.8 cm³/mol. The Bertz CT molecular complexity index is 468. The molecule has 0 aliphatic heterocycles. The van der Waals surface area contributed by atoms with Crippen LogP contribution in [-0.4, -0.2) is 4.98 Å². The first kappa shape index (κ1) is 11.1. The first-order valence-corrected chi connectivity index (χ1v) is 6.29. The minimum atomic E-state index is 1.04. The fourth-order valence-electron chi connectivity index (χ4n) is 1.67. The average molecular weight is 229 g/mol. The number of aromatic nitrogens is 1. The monoisotopic (exact) mass is 229 g/mol. The Morgan fingerprint density at radius 1 is 1.31 bits per heavy atom. The zero-order valence-electron chi connectivity index (χ0n) is 9.44. The highest BCUT2D eigenvalue weighted by Crippen LogP contribution is 2.27. The van der Waals surface area contributed by atoms with Crippen molar-refractivity contribution in [2.75, 3.05) is 0 Å². The Morgan fingerprint density at radius 2 is 2.06 bits per heavy atom. The summed E-state index contributed by atoms with van der Waals surface area (Å²) in [7, 11) is 0. The Morgan fingerprint density at radius 3 is 2.62 bits per heavy atom. The molecule has 0 aliphatic carbocycles. The zero-order valence-corrected chi connectivity index (χ0v) is 10.3. The molecule has 0 bridgehead atoms. The van der Waals surface area contributed by atoms with Gasteiger partial charge >= 0.3 is 0 Å². The van der Waals surface area contributed by atoms with E-state index in [-0.39, 0.29) is 0 Å². The van der Waals surface area contributed by atoms with Crippen molar-refractivity contribution in [2.45, 2.75) is 19.8 Å². The summed E-state index contributed by atoms with van der Waals surface area (Å²) in [5.41, 5.74) is 5.65. The van der Waals surface area contributed by atoms with Gasteiger partial charge in [-0.05, 0) is 30.9 Å². The summed E-state index contributed by atoms with van der Waals surface area (Å²) in [5, 5.41) is 0. The topological polar surface area (TPSA) is 12.9 Å². The first-order chi connectivity index (χ1) is 7.81. The maximum Gasteiger partial charge on any atom is 0.0801 e. The zero-order chi connectivity index (χ0) is 11.4. The maximum absolute atomic E-state index is 4.27. The Labute approximate surface area is 100 Å². The number of rotatable bonds is 4. The predicted octanol–water partition coefficient (Wildman–Crippen LogP) is 4.24. The number of allylic oxidation sites excluding steroid dienone is 1. The van der Waals surface area contributed by atoms with Gasteiger partial charge in [-0.1, -0.05) is 30.3 Å². The van der Waals surface area contributed by atoms with Gasteiger partial charge in [0.2, 0.25) is 0 Å². The third-order valence-electron chi connectivity index (χ3n) is 2.60. The standard InChI is InChI=1S/C14H15NS/c1-3-4-5-12-6-8-13(9-7-12)14-11(2)15-10-16-14/h3,6-10H,1,4-5H2,2H3. The largest absolute Gasteiger partial charge is 0.249 e. The summed E-state index contributed by atoms with van der Waals surface area (Å²) in [5.74, 6) is 0.